The predicted molar refractivity (Wildman–Crippen MR) is 52.4 cm³/mol. The van der Waals surface area contributed by atoms with Crippen LogP contribution in [0.5, 0.6) is 11.5 Å². The molecule has 0 atom stereocenters. The van der Waals surface area contributed by atoms with E-state index in [1.165, 1.54) is 7.11 Å². The van der Waals surface area contributed by atoms with Crippen molar-refractivity contribution in [1.82, 2.24) is 0 Å². The molecule has 1 aromatic rings. The monoisotopic (exact) mass is 201 g/mol. The van der Waals surface area contributed by atoms with Crippen LogP contribution in [-0.4, -0.2) is 18.8 Å². The lowest BCUT2D eigenvalue weighted by atomic mass is 10.1. The number of benzene rings is 1. The summed E-state index contributed by atoms with van der Waals surface area (Å²) in [4.78, 5) is 0. The van der Waals surface area contributed by atoms with Gasteiger partial charge in [-0.3, -0.25) is 0 Å². The average Bonchev–Trinajstić information content (AvgIpc) is 2.14. The maximum absolute atomic E-state index is 9.57. The Morgan fingerprint density at radius 1 is 1.54 bits per heavy atom. The molecule has 13 heavy (non-hydrogen) atoms. The highest BCUT2D eigenvalue weighted by Crippen LogP contribution is 2.35. The Morgan fingerprint density at radius 2 is 2.23 bits per heavy atom. The summed E-state index contributed by atoms with van der Waals surface area (Å²) in [7, 11) is 1.50. The van der Waals surface area contributed by atoms with Crippen molar-refractivity contribution in [3.8, 4) is 11.5 Å². The molecule has 72 valence electrons. The summed E-state index contributed by atoms with van der Waals surface area (Å²) >= 11 is 5.82. The zero-order chi connectivity index (χ0) is 9.84. The molecule has 0 aliphatic carbocycles. The van der Waals surface area contributed by atoms with Crippen LogP contribution < -0.4 is 10.5 Å². The summed E-state index contributed by atoms with van der Waals surface area (Å²) in [5.41, 5.74) is 6.11. The van der Waals surface area contributed by atoms with Crippen molar-refractivity contribution >= 4 is 11.6 Å². The van der Waals surface area contributed by atoms with Crippen molar-refractivity contribution in [2.24, 2.45) is 5.73 Å². The van der Waals surface area contributed by atoms with Crippen molar-refractivity contribution in [3.05, 3.63) is 22.7 Å². The van der Waals surface area contributed by atoms with E-state index in [4.69, 9.17) is 22.1 Å². The van der Waals surface area contributed by atoms with Gasteiger partial charge in [0.15, 0.2) is 0 Å². The molecule has 0 fully saturated rings. The van der Waals surface area contributed by atoms with Crippen LogP contribution in [0.3, 0.4) is 0 Å². The SMILES string of the molecule is COc1ccc(CCN)c(O)c1Cl. The van der Waals surface area contributed by atoms with Gasteiger partial charge in [-0.2, -0.15) is 0 Å². The number of methoxy groups -OCH3 is 1. The third-order valence-electron chi connectivity index (χ3n) is 1.80. The van der Waals surface area contributed by atoms with Gasteiger partial charge in [0.1, 0.15) is 16.5 Å². The Hall–Kier alpha value is -0.930. The molecule has 0 amide bonds. The number of ether oxygens (including phenoxy) is 1. The molecule has 0 saturated carbocycles. The molecule has 0 radical (unpaired) electrons. The number of rotatable bonds is 3. The molecule has 0 aromatic heterocycles. The highest BCUT2D eigenvalue weighted by atomic mass is 35.5. The van der Waals surface area contributed by atoms with Gasteiger partial charge in [-0.15, -0.1) is 0 Å². The third kappa shape index (κ3) is 2.05. The lowest BCUT2D eigenvalue weighted by molar-refractivity contribution is 0.407. The fourth-order valence-corrected chi connectivity index (χ4v) is 1.36. The third-order valence-corrected chi connectivity index (χ3v) is 2.16. The molecule has 0 bridgehead atoms. The zero-order valence-electron chi connectivity index (χ0n) is 7.38. The standard InChI is InChI=1S/C9H12ClNO2/c1-13-7-3-2-6(4-5-11)9(12)8(7)10/h2-3,12H,4-5,11H2,1H3. The number of nitrogens with two attached hydrogens (primary N) is 1. The summed E-state index contributed by atoms with van der Waals surface area (Å²) in [6.45, 7) is 0.482. The van der Waals surface area contributed by atoms with E-state index in [2.05, 4.69) is 0 Å². The molecule has 0 spiro atoms. The second-order valence-electron chi connectivity index (χ2n) is 2.63. The Balaban J connectivity index is 3.07. The van der Waals surface area contributed by atoms with E-state index < -0.39 is 0 Å². The van der Waals surface area contributed by atoms with E-state index in [1.54, 1.807) is 12.1 Å². The van der Waals surface area contributed by atoms with Gasteiger partial charge < -0.3 is 15.6 Å². The summed E-state index contributed by atoms with van der Waals surface area (Å²) in [6.07, 6.45) is 0.607. The Labute approximate surface area is 82.1 Å². The smallest absolute Gasteiger partial charge is 0.141 e. The number of halogens is 1. The normalized spacial score (nSPS) is 10.1. The van der Waals surface area contributed by atoms with E-state index >= 15 is 0 Å². The molecular formula is C9H12ClNO2. The van der Waals surface area contributed by atoms with Crippen LogP contribution in [0.1, 0.15) is 5.56 Å². The molecule has 4 heteroatoms. The molecular weight excluding hydrogens is 190 g/mol. The molecule has 0 unspecified atom stereocenters. The molecule has 0 aliphatic rings. The van der Waals surface area contributed by atoms with E-state index in [0.717, 1.165) is 5.56 Å². The largest absolute Gasteiger partial charge is 0.506 e. The molecule has 0 saturated heterocycles. The minimum atomic E-state index is 0.0615. The second kappa shape index (κ2) is 4.35. The minimum absolute atomic E-state index is 0.0615. The van der Waals surface area contributed by atoms with Gasteiger partial charge in [0, 0.05) is 0 Å². The molecule has 3 nitrogen and oxygen atoms in total. The topological polar surface area (TPSA) is 55.5 Å². The lowest BCUT2D eigenvalue weighted by Crippen LogP contribution is -2.03. The first-order valence-corrected chi connectivity index (χ1v) is 4.33. The summed E-state index contributed by atoms with van der Waals surface area (Å²) in [5.74, 6) is 0.534. The Morgan fingerprint density at radius 3 is 2.77 bits per heavy atom. The van der Waals surface area contributed by atoms with Gasteiger partial charge in [-0.25, -0.2) is 0 Å². The maximum atomic E-state index is 9.57. The first kappa shape index (κ1) is 10.2. The highest BCUT2D eigenvalue weighted by molar-refractivity contribution is 6.33. The molecule has 0 aliphatic heterocycles. The van der Waals surface area contributed by atoms with Gasteiger partial charge >= 0.3 is 0 Å². The quantitative estimate of drug-likeness (QED) is 0.781. The van der Waals surface area contributed by atoms with E-state index in [-0.39, 0.29) is 10.8 Å². The van der Waals surface area contributed by atoms with Gasteiger partial charge in [-0.05, 0) is 24.6 Å². The van der Waals surface area contributed by atoms with Crippen molar-refractivity contribution in [2.45, 2.75) is 6.42 Å². The van der Waals surface area contributed by atoms with Crippen molar-refractivity contribution in [3.63, 3.8) is 0 Å². The first-order chi connectivity index (χ1) is 6.20. The Bertz CT molecular complexity index is 302. The fourth-order valence-electron chi connectivity index (χ4n) is 1.10. The number of aromatic hydroxyl groups is 1. The van der Waals surface area contributed by atoms with E-state index in [1.807, 2.05) is 0 Å². The first-order valence-electron chi connectivity index (χ1n) is 3.95. The number of phenols is 1. The van der Waals surface area contributed by atoms with Crippen molar-refractivity contribution < 1.29 is 9.84 Å². The van der Waals surface area contributed by atoms with Crippen LogP contribution in [-0.2, 0) is 6.42 Å². The van der Waals surface area contributed by atoms with Crippen LogP contribution in [0.4, 0.5) is 0 Å². The molecule has 3 N–H and O–H groups in total. The summed E-state index contributed by atoms with van der Waals surface area (Å²) in [5, 5.41) is 9.82. The Kier molecular flexibility index (Phi) is 3.39. The second-order valence-corrected chi connectivity index (χ2v) is 3.01. The lowest BCUT2D eigenvalue weighted by Gasteiger charge is -2.08. The van der Waals surface area contributed by atoms with Crippen LogP contribution in [0, 0.1) is 0 Å². The number of hydrogen-bond donors (Lipinski definition) is 2. The van der Waals surface area contributed by atoms with E-state index in [9.17, 15) is 5.11 Å². The van der Waals surface area contributed by atoms with E-state index in [0.29, 0.717) is 18.7 Å². The van der Waals surface area contributed by atoms with Gasteiger partial charge in [0.05, 0.1) is 7.11 Å². The van der Waals surface area contributed by atoms with Crippen LogP contribution in [0.15, 0.2) is 12.1 Å². The van der Waals surface area contributed by atoms with Crippen molar-refractivity contribution in [2.75, 3.05) is 13.7 Å². The van der Waals surface area contributed by atoms with Crippen LogP contribution in [0.2, 0.25) is 5.02 Å². The van der Waals surface area contributed by atoms with Crippen LogP contribution >= 0.6 is 11.6 Å². The number of hydrogen-bond acceptors (Lipinski definition) is 3. The van der Waals surface area contributed by atoms with Crippen LogP contribution in [0.25, 0.3) is 0 Å². The number of phenolic OH excluding ortho intramolecular Hbond substituents is 1. The summed E-state index contributed by atoms with van der Waals surface area (Å²) in [6, 6.07) is 3.47. The zero-order valence-corrected chi connectivity index (χ0v) is 8.14. The predicted octanol–water partition coefficient (Wildman–Crippen LogP) is 1.56. The highest BCUT2D eigenvalue weighted by Gasteiger charge is 2.09. The molecule has 1 rings (SSSR count). The van der Waals surface area contributed by atoms with Gasteiger partial charge in [0.2, 0.25) is 0 Å². The van der Waals surface area contributed by atoms with Crippen molar-refractivity contribution in [1.29, 1.82) is 0 Å². The fraction of sp³-hybridized carbons (Fsp3) is 0.333. The minimum Gasteiger partial charge on any atom is -0.506 e. The molecule has 1 aromatic carbocycles. The maximum Gasteiger partial charge on any atom is 0.141 e. The molecule has 0 heterocycles. The summed E-state index contributed by atoms with van der Waals surface area (Å²) < 4.78 is 4.94. The van der Waals surface area contributed by atoms with Gasteiger partial charge in [-0.1, -0.05) is 17.7 Å². The average molecular weight is 202 g/mol. The van der Waals surface area contributed by atoms with Gasteiger partial charge in [0.25, 0.3) is 0 Å².